The smallest absolute Gasteiger partial charge is 0.227 e. The van der Waals surface area contributed by atoms with Gasteiger partial charge in [0.1, 0.15) is 11.1 Å². The number of nitrogens with one attached hydrogen (secondary N) is 1. The number of benzene rings is 1. The van der Waals surface area contributed by atoms with Gasteiger partial charge in [-0.2, -0.15) is 0 Å². The average molecular weight is 543 g/mol. The number of aliphatic imine (C=N–C) groups is 1. The van der Waals surface area contributed by atoms with Crippen molar-refractivity contribution in [2.45, 2.75) is 39.0 Å². The normalized spacial score (nSPS) is 15.1. The number of anilines is 1. The molecule has 0 bridgehead atoms. The van der Waals surface area contributed by atoms with Gasteiger partial charge in [0.15, 0.2) is 5.96 Å². The first-order valence-electron chi connectivity index (χ1n) is 9.80. The molecule has 1 aliphatic rings. The van der Waals surface area contributed by atoms with Gasteiger partial charge in [-0.15, -0.1) is 35.3 Å². The fourth-order valence-corrected chi connectivity index (χ4v) is 4.12. The molecule has 1 aromatic carbocycles. The second-order valence-electron chi connectivity index (χ2n) is 7.13. The number of hydrogen-bond donors (Lipinski definition) is 1. The number of ether oxygens (including phenoxy) is 1. The van der Waals surface area contributed by atoms with Crippen molar-refractivity contribution < 1.29 is 9.53 Å². The molecule has 3 rings (SSSR count). The summed E-state index contributed by atoms with van der Waals surface area (Å²) in [6.45, 7) is 4.14. The lowest BCUT2D eigenvalue weighted by Gasteiger charge is -2.21. The first-order valence-corrected chi connectivity index (χ1v) is 10.7. The lowest BCUT2D eigenvalue weighted by molar-refractivity contribution is -0.117. The Kier molecular flexibility index (Phi) is 9.50. The van der Waals surface area contributed by atoms with Gasteiger partial charge in [0, 0.05) is 51.8 Å². The van der Waals surface area contributed by atoms with Crippen molar-refractivity contribution in [1.82, 2.24) is 15.2 Å². The molecule has 1 saturated heterocycles. The number of nitrogens with zero attached hydrogens (tertiary/aromatic N) is 4. The Morgan fingerprint density at radius 1 is 1.40 bits per heavy atom. The van der Waals surface area contributed by atoms with Gasteiger partial charge in [-0.3, -0.25) is 9.79 Å². The van der Waals surface area contributed by atoms with E-state index in [-0.39, 0.29) is 36.0 Å². The monoisotopic (exact) mass is 543 g/mol. The molecule has 1 atom stereocenters. The van der Waals surface area contributed by atoms with Crippen LogP contribution in [-0.4, -0.2) is 49.5 Å². The van der Waals surface area contributed by atoms with Gasteiger partial charge in [-0.05, 0) is 31.0 Å². The van der Waals surface area contributed by atoms with Crippen molar-refractivity contribution in [2.24, 2.45) is 4.99 Å². The second kappa shape index (κ2) is 11.6. The molecule has 0 spiro atoms. The summed E-state index contributed by atoms with van der Waals surface area (Å²) in [4.78, 5) is 24.8. The lowest BCUT2D eigenvalue weighted by Crippen LogP contribution is -2.38. The summed E-state index contributed by atoms with van der Waals surface area (Å²) in [6, 6.07) is 8.14. The van der Waals surface area contributed by atoms with E-state index in [1.807, 2.05) is 35.9 Å². The predicted octanol–water partition coefficient (Wildman–Crippen LogP) is 3.80. The molecule has 1 aromatic heterocycles. The van der Waals surface area contributed by atoms with E-state index in [1.165, 1.54) is 0 Å². The third-order valence-electron chi connectivity index (χ3n) is 5.02. The molecule has 164 valence electrons. The van der Waals surface area contributed by atoms with Crippen LogP contribution in [0.1, 0.15) is 42.1 Å². The first kappa shape index (κ1) is 24.5. The zero-order valence-electron chi connectivity index (χ0n) is 17.9. The van der Waals surface area contributed by atoms with E-state index in [1.54, 1.807) is 25.5 Å². The van der Waals surface area contributed by atoms with E-state index < -0.39 is 0 Å². The number of hydrogen-bond acceptors (Lipinski definition) is 5. The summed E-state index contributed by atoms with van der Waals surface area (Å²) in [6.07, 6.45) is 1.60. The summed E-state index contributed by atoms with van der Waals surface area (Å²) in [5, 5.41) is 6.43. The van der Waals surface area contributed by atoms with Crippen LogP contribution in [0.25, 0.3) is 0 Å². The highest BCUT2D eigenvalue weighted by atomic mass is 127. The van der Waals surface area contributed by atoms with Crippen LogP contribution >= 0.6 is 35.3 Å². The third kappa shape index (κ3) is 6.14. The maximum absolute atomic E-state index is 11.9. The molecule has 1 unspecified atom stereocenters. The Balaban J connectivity index is 0.00000320. The number of thiazole rings is 1. The van der Waals surface area contributed by atoms with E-state index in [2.05, 4.69) is 32.8 Å². The molecular weight excluding hydrogens is 513 g/mol. The van der Waals surface area contributed by atoms with Crippen molar-refractivity contribution in [3.8, 4) is 0 Å². The standard InChI is InChI=1S/C21H29N5O2S.HI/c1-15(28-4)20-24-17(14-29-20)13-25(3)21(22-2)23-12-16-7-9-18(10-8-16)26-11-5-6-19(26)27;/h7-10,14-15H,5-6,11-13H2,1-4H3,(H,22,23);1H. The van der Waals surface area contributed by atoms with Gasteiger partial charge in [0.05, 0.1) is 12.2 Å². The van der Waals surface area contributed by atoms with Crippen molar-refractivity contribution >= 4 is 52.9 Å². The molecule has 1 fully saturated rings. The van der Waals surface area contributed by atoms with Gasteiger partial charge in [0.2, 0.25) is 5.91 Å². The molecule has 7 nitrogen and oxygen atoms in total. The van der Waals surface area contributed by atoms with Crippen molar-refractivity contribution in [1.29, 1.82) is 0 Å². The molecule has 30 heavy (non-hydrogen) atoms. The number of halogens is 1. The SMILES string of the molecule is CN=C(NCc1ccc(N2CCCC2=O)cc1)N(C)Cc1csc(C(C)OC)n1.I. The van der Waals surface area contributed by atoms with Crippen LogP contribution in [0, 0.1) is 0 Å². The fourth-order valence-electron chi connectivity index (χ4n) is 3.28. The molecule has 0 saturated carbocycles. The summed E-state index contributed by atoms with van der Waals surface area (Å²) in [7, 11) is 5.47. The molecule has 1 amide bonds. The lowest BCUT2D eigenvalue weighted by atomic mass is 10.2. The summed E-state index contributed by atoms with van der Waals surface area (Å²) < 4.78 is 5.33. The van der Waals surface area contributed by atoms with Crippen LogP contribution < -0.4 is 10.2 Å². The van der Waals surface area contributed by atoms with Crippen molar-refractivity contribution in [2.75, 3.05) is 32.6 Å². The van der Waals surface area contributed by atoms with Crippen LogP contribution in [0.3, 0.4) is 0 Å². The van der Waals surface area contributed by atoms with Crippen LogP contribution in [0.15, 0.2) is 34.6 Å². The largest absolute Gasteiger partial charge is 0.375 e. The predicted molar refractivity (Wildman–Crippen MR) is 133 cm³/mol. The van der Waals surface area contributed by atoms with E-state index in [0.717, 1.165) is 40.9 Å². The van der Waals surface area contributed by atoms with Crippen molar-refractivity contribution in [3.63, 3.8) is 0 Å². The molecule has 1 aliphatic heterocycles. The van der Waals surface area contributed by atoms with Gasteiger partial charge in [-0.1, -0.05) is 12.1 Å². The van der Waals surface area contributed by atoms with E-state index >= 15 is 0 Å². The highest BCUT2D eigenvalue weighted by molar-refractivity contribution is 14.0. The molecular formula is C21H30IN5O2S. The number of rotatable bonds is 7. The van der Waals surface area contributed by atoms with Crippen LogP contribution in [0.4, 0.5) is 5.69 Å². The van der Waals surface area contributed by atoms with Gasteiger partial charge >= 0.3 is 0 Å². The van der Waals surface area contributed by atoms with E-state index in [0.29, 0.717) is 19.5 Å². The average Bonchev–Trinajstić information content (AvgIpc) is 3.37. The highest BCUT2D eigenvalue weighted by Gasteiger charge is 2.21. The number of methoxy groups -OCH3 is 1. The molecule has 2 heterocycles. The molecule has 2 aromatic rings. The number of guanidine groups is 1. The number of aromatic nitrogens is 1. The Bertz CT molecular complexity index is 855. The maximum atomic E-state index is 11.9. The Morgan fingerprint density at radius 3 is 2.73 bits per heavy atom. The minimum absolute atomic E-state index is 0. The Labute approximate surface area is 199 Å². The minimum atomic E-state index is 0. The molecule has 9 heteroatoms. The van der Waals surface area contributed by atoms with Gasteiger partial charge in [0.25, 0.3) is 0 Å². The van der Waals surface area contributed by atoms with E-state index in [9.17, 15) is 4.79 Å². The minimum Gasteiger partial charge on any atom is -0.375 e. The van der Waals surface area contributed by atoms with Crippen molar-refractivity contribution in [3.05, 3.63) is 45.9 Å². The van der Waals surface area contributed by atoms with Gasteiger partial charge in [-0.25, -0.2) is 4.98 Å². The third-order valence-corrected chi connectivity index (χ3v) is 6.07. The van der Waals surface area contributed by atoms with E-state index in [4.69, 9.17) is 4.74 Å². The Hall–Kier alpha value is -1.72. The molecule has 0 aliphatic carbocycles. The molecule has 1 N–H and O–H groups in total. The fraction of sp³-hybridized carbons (Fsp3) is 0.476. The zero-order valence-corrected chi connectivity index (χ0v) is 21.1. The zero-order chi connectivity index (χ0) is 20.8. The number of carbonyl (C=O) groups excluding carboxylic acids is 1. The first-order chi connectivity index (χ1) is 14.0. The quantitative estimate of drug-likeness (QED) is 0.327. The highest BCUT2D eigenvalue weighted by Crippen LogP contribution is 2.22. The van der Waals surface area contributed by atoms with Crippen LogP contribution in [-0.2, 0) is 22.6 Å². The Morgan fingerprint density at radius 2 is 2.13 bits per heavy atom. The summed E-state index contributed by atoms with van der Waals surface area (Å²) in [5.41, 5.74) is 3.11. The topological polar surface area (TPSA) is 70.1 Å². The maximum Gasteiger partial charge on any atom is 0.227 e. The molecule has 0 radical (unpaired) electrons. The van der Waals surface area contributed by atoms with Crippen LogP contribution in [0.5, 0.6) is 0 Å². The number of amides is 1. The summed E-state index contributed by atoms with van der Waals surface area (Å²) in [5.74, 6) is 1.01. The van der Waals surface area contributed by atoms with Crippen LogP contribution in [0.2, 0.25) is 0 Å². The summed E-state index contributed by atoms with van der Waals surface area (Å²) >= 11 is 1.61. The number of carbonyl (C=O) groups is 1. The second-order valence-corrected chi connectivity index (χ2v) is 8.02. The van der Waals surface area contributed by atoms with Gasteiger partial charge < -0.3 is 19.9 Å².